The number of nitrogens with zero attached hydrogens (tertiary/aromatic N) is 1. The Morgan fingerprint density at radius 1 is 1.00 bits per heavy atom. The molecule has 0 saturated heterocycles. The largest absolute Gasteiger partial charge is 0.505 e. The molecule has 0 aliphatic rings. The van der Waals surface area contributed by atoms with Crippen LogP contribution < -0.4 is 5.32 Å². The third kappa shape index (κ3) is 3.07. The molecule has 0 aliphatic heterocycles. The third-order valence-corrected chi connectivity index (χ3v) is 4.15. The first-order valence-electron chi connectivity index (χ1n) is 6.50. The Morgan fingerprint density at radius 3 is 2.41 bits per heavy atom. The summed E-state index contributed by atoms with van der Waals surface area (Å²) < 4.78 is 0. The van der Waals surface area contributed by atoms with E-state index >= 15 is 0 Å². The van der Waals surface area contributed by atoms with Crippen molar-refractivity contribution < 1.29 is 5.11 Å². The lowest BCUT2D eigenvalue weighted by atomic mass is 10.1. The fourth-order valence-corrected chi connectivity index (χ4v) is 2.82. The molecule has 2 aromatic carbocycles. The van der Waals surface area contributed by atoms with Crippen molar-refractivity contribution in [2.45, 2.75) is 6.54 Å². The Hall–Kier alpha value is -1.68. The van der Waals surface area contributed by atoms with Crippen LogP contribution in [0.1, 0.15) is 5.56 Å². The number of hydrogen-bond acceptors (Lipinski definition) is 3. The number of aromatic nitrogens is 1. The van der Waals surface area contributed by atoms with Crippen molar-refractivity contribution in [3.05, 3.63) is 63.2 Å². The van der Waals surface area contributed by atoms with E-state index in [9.17, 15) is 5.11 Å². The molecule has 0 spiro atoms. The summed E-state index contributed by atoms with van der Waals surface area (Å²) in [5, 5.41) is 14.6. The molecule has 3 nitrogen and oxygen atoms in total. The zero-order valence-corrected chi connectivity index (χ0v) is 13.5. The molecule has 2 N–H and O–H groups in total. The predicted molar refractivity (Wildman–Crippen MR) is 92.2 cm³/mol. The summed E-state index contributed by atoms with van der Waals surface area (Å²) in [6.45, 7) is 0.466. The van der Waals surface area contributed by atoms with E-state index in [1.165, 1.54) is 0 Å². The summed E-state index contributed by atoms with van der Waals surface area (Å²) in [4.78, 5) is 4.37. The van der Waals surface area contributed by atoms with Crippen LogP contribution in [0.3, 0.4) is 0 Å². The Labute approximate surface area is 142 Å². The molecule has 3 rings (SSSR count). The van der Waals surface area contributed by atoms with Gasteiger partial charge < -0.3 is 10.4 Å². The van der Waals surface area contributed by atoms with Crippen molar-refractivity contribution in [2.24, 2.45) is 0 Å². The fraction of sp³-hybridized carbons (Fsp3) is 0.0625. The summed E-state index contributed by atoms with van der Waals surface area (Å²) in [6.07, 6.45) is 0. The molecule has 22 heavy (non-hydrogen) atoms. The van der Waals surface area contributed by atoms with Crippen molar-refractivity contribution in [1.29, 1.82) is 0 Å². The van der Waals surface area contributed by atoms with E-state index in [1.807, 2.05) is 30.3 Å². The maximum atomic E-state index is 9.56. The number of fused-ring (bicyclic) bond motifs is 1. The first-order chi connectivity index (χ1) is 10.5. The lowest BCUT2D eigenvalue weighted by Gasteiger charge is -2.10. The second-order valence-electron chi connectivity index (χ2n) is 4.77. The number of pyridine rings is 1. The highest BCUT2D eigenvalue weighted by Gasteiger charge is 2.08. The Kier molecular flexibility index (Phi) is 4.30. The average molecular weight is 354 g/mol. The topological polar surface area (TPSA) is 45.1 Å². The maximum absolute atomic E-state index is 9.56. The van der Waals surface area contributed by atoms with Crippen LogP contribution in [-0.2, 0) is 6.54 Å². The van der Waals surface area contributed by atoms with E-state index in [0.29, 0.717) is 17.4 Å². The fourth-order valence-electron chi connectivity index (χ4n) is 2.13. The number of rotatable bonds is 3. The molecule has 6 heteroatoms. The van der Waals surface area contributed by atoms with E-state index < -0.39 is 0 Å². The van der Waals surface area contributed by atoms with E-state index in [1.54, 1.807) is 12.1 Å². The van der Waals surface area contributed by atoms with E-state index in [4.69, 9.17) is 34.8 Å². The minimum Gasteiger partial charge on any atom is -0.505 e. The van der Waals surface area contributed by atoms with Crippen LogP contribution in [0, 0.1) is 0 Å². The first-order valence-corrected chi connectivity index (χ1v) is 7.64. The number of phenols is 1. The van der Waals surface area contributed by atoms with Crippen LogP contribution in [-0.4, -0.2) is 10.1 Å². The Bertz CT molecular complexity index is 829. The molecular weight excluding hydrogens is 343 g/mol. The Balaban J connectivity index is 1.86. The second kappa shape index (κ2) is 6.21. The van der Waals surface area contributed by atoms with Gasteiger partial charge in [-0.15, -0.1) is 0 Å². The lowest BCUT2D eigenvalue weighted by Crippen LogP contribution is -2.01. The summed E-state index contributed by atoms with van der Waals surface area (Å²) in [5.41, 5.74) is 2.41. The molecule has 0 saturated carbocycles. The van der Waals surface area contributed by atoms with Crippen LogP contribution in [0.2, 0.25) is 15.2 Å². The smallest absolute Gasteiger partial charge is 0.152 e. The number of anilines is 1. The normalized spacial score (nSPS) is 10.9. The minimum atomic E-state index is -0.126. The van der Waals surface area contributed by atoms with Gasteiger partial charge >= 0.3 is 0 Å². The minimum absolute atomic E-state index is 0.126. The zero-order chi connectivity index (χ0) is 15.7. The van der Waals surface area contributed by atoms with Crippen molar-refractivity contribution >= 4 is 51.4 Å². The van der Waals surface area contributed by atoms with Gasteiger partial charge in [0.2, 0.25) is 0 Å². The summed E-state index contributed by atoms with van der Waals surface area (Å²) >= 11 is 18.0. The molecule has 0 amide bonds. The molecule has 3 aromatic rings. The van der Waals surface area contributed by atoms with E-state index in [2.05, 4.69) is 10.3 Å². The molecular formula is C16H11Cl3N2O. The standard InChI is InChI=1S/C16H11Cl3N2O/c17-12-6-11(7-13(18)15(12)22)20-8-10-5-9-3-1-2-4-14(9)21-16(10)19/h1-7,20,22H,8H2. The van der Waals surface area contributed by atoms with Crippen LogP contribution in [0.15, 0.2) is 42.5 Å². The molecule has 0 radical (unpaired) electrons. The van der Waals surface area contributed by atoms with Gasteiger partial charge in [-0.25, -0.2) is 4.98 Å². The van der Waals surface area contributed by atoms with Gasteiger partial charge in [0.25, 0.3) is 0 Å². The molecule has 112 valence electrons. The van der Waals surface area contributed by atoms with Gasteiger partial charge in [0.05, 0.1) is 15.6 Å². The summed E-state index contributed by atoms with van der Waals surface area (Å²) in [7, 11) is 0. The summed E-state index contributed by atoms with van der Waals surface area (Å²) in [5.74, 6) is -0.126. The van der Waals surface area contributed by atoms with Crippen LogP contribution in [0.5, 0.6) is 5.75 Å². The van der Waals surface area contributed by atoms with Crippen LogP contribution in [0.4, 0.5) is 5.69 Å². The van der Waals surface area contributed by atoms with Gasteiger partial charge in [0, 0.05) is 23.2 Å². The number of para-hydroxylation sites is 1. The number of aromatic hydroxyl groups is 1. The number of halogens is 3. The van der Waals surface area contributed by atoms with Crippen molar-refractivity contribution in [3.8, 4) is 5.75 Å². The first kappa shape index (κ1) is 15.2. The molecule has 0 aliphatic carbocycles. The van der Waals surface area contributed by atoms with E-state index in [-0.39, 0.29) is 15.8 Å². The molecule has 0 unspecified atom stereocenters. The van der Waals surface area contributed by atoms with Gasteiger partial charge in [0.15, 0.2) is 5.75 Å². The quantitative estimate of drug-likeness (QED) is 0.482. The highest BCUT2D eigenvalue weighted by atomic mass is 35.5. The van der Waals surface area contributed by atoms with Crippen molar-refractivity contribution in [1.82, 2.24) is 4.98 Å². The number of phenolic OH excluding ortho intramolecular Hbond substituents is 1. The van der Waals surface area contributed by atoms with Crippen LogP contribution >= 0.6 is 34.8 Å². The van der Waals surface area contributed by atoms with Gasteiger partial charge in [-0.1, -0.05) is 53.0 Å². The molecule has 1 aromatic heterocycles. The monoisotopic (exact) mass is 352 g/mol. The molecule has 0 bridgehead atoms. The summed E-state index contributed by atoms with van der Waals surface area (Å²) in [6, 6.07) is 13.0. The highest BCUT2D eigenvalue weighted by Crippen LogP contribution is 2.35. The van der Waals surface area contributed by atoms with Crippen molar-refractivity contribution in [3.63, 3.8) is 0 Å². The molecule has 0 atom stereocenters. The van der Waals surface area contributed by atoms with Gasteiger partial charge in [-0.2, -0.15) is 0 Å². The van der Waals surface area contributed by atoms with E-state index in [0.717, 1.165) is 16.5 Å². The SMILES string of the molecule is Oc1c(Cl)cc(NCc2cc3ccccc3nc2Cl)cc1Cl. The lowest BCUT2D eigenvalue weighted by molar-refractivity contribution is 0.476. The molecule has 1 heterocycles. The van der Waals surface area contributed by atoms with Crippen LogP contribution in [0.25, 0.3) is 10.9 Å². The third-order valence-electron chi connectivity index (χ3n) is 3.25. The molecule has 0 fully saturated rings. The van der Waals surface area contributed by atoms with Crippen molar-refractivity contribution in [2.75, 3.05) is 5.32 Å². The highest BCUT2D eigenvalue weighted by molar-refractivity contribution is 6.37. The average Bonchev–Trinajstić information content (AvgIpc) is 2.50. The van der Waals surface area contributed by atoms with Gasteiger partial charge in [-0.05, 0) is 24.3 Å². The predicted octanol–water partition coefficient (Wildman–Crippen LogP) is 5.51. The zero-order valence-electron chi connectivity index (χ0n) is 11.3. The number of benzene rings is 2. The maximum Gasteiger partial charge on any atom is 0.152 e. The van der Waals surface area contributed by atoms with Gasteiger partial charge in [0.1, 0.15) is 5.15 Å². The second-order valence-corrected chi connectivity index (χ2v) is 5.95. The number of nitrogens with one attached hydrogen (secondary N) is 1. The number of hydrogen-bond donors (Lipinski definition) is 2. The van der Waals surface area contributed by atoms with Gasteiger partial charge in [-0.3, -0.25) is 0 Å². The Morgan fingerprint density at radius 2 is 1.68 bits per heavy atom.